The van der Waals surface area contributed by atoms with Gasteiger partial charge >= 0.3 is 0 Å². The molecule has 0 unspecified atom stereocenters. The molecule has 1 aliphatic rings. The summed E-state index contributed by atoms with van der Waals surface area (Å²) in [7, 11) is 0. The third-order valence-corrected chi connectivity index (χ3v) is 4.87. The van der Waals surface area contributed by atoms with Crippen molar-refractivity contribution >= 4 is 46.1 Å². The van der Waals surface area contributed by atoms with Crippen LogP contribution in [0.1, 0.15) is 11.1 Å². The molecule has 0 spiro atoms. The molecule has 0 aliphatic carbocycles. The molecule has 1 atom stereocenters. The lowest BCUT2D eigenvalue weighted by atomic mass is 10.0. The number of carbonyl (C=O) groups is 2. The van der Waals surface area contributed by atoms with Crippen molar-refractivity contribution in [3.05, 3.63) is 65.2 Å². The van der Waals surface area contributed by atoms with Gasteiger partial charge in [0.05, 0.1) is 11.4 Å². The SMILES string of the molecule is N=C(/C=C/c1ccc(F)cc1)c1cc(NC(=O)[C@@H]2CSC(=O)N2)c(F)cc1N. The zero-order valence-corrected chi connectivity index (χ0v) is 15.3. The monoisotopic (exact) mass is 402 g/mol. The van der Waals surface area contributed by atoms with E-state index in [2.05, 4.69) is 10.6 Å². The average Bonchev–Trinajstić information content (AvgIpc) is 3.09. The van der Waals surface area contributed by atoms with E-state index in [1.165, 1.54) is 24.3 Å². The molecular formula is C19H16F2N4O2S. The lowest BCUT2D eigenvalue weighted by molar-refractivity contribution is -0.117. The van der Waals surface area contributed by atoms with Gasteiger partial charge < -0.3 is 21.8 Å². The molecule has 0 aromatic heterocycles. The normalized spacial score (nSPS) is 16.2. The largest absolute Gasteiger partial charge is 0.398 e. The number of nitrogen functional groups attached to an aromatic ring is 1. The summed E-state index contributed by atoms with van der Waals surface area (Å²) in [6, 6.07) is 7.22. The van der Waals surface area contributed by atoms with Crippen molar-refractivity contribution in [2.75, 3.05) is 16.8 Å². The van der Waals surface area contributed by atoms with Crippen LogP contribution in [0.4, 0.5) is 25.0 Å². The quantitative estimate of drug-likeness (QED) is 0.454. The second-order valence-corrected chi connectivity index (χ2v) is 7.00. The summed E-state index contributed by atoms with van der Waals surface area (Å²) < 4.78 is 27.1. The molecule has 2 amide bonds. The number of allylic oxidation sites excluding steroid dienone is 1. The summed E-state index contributed by atoms with van der Waals surface area (Å²) in [4.78, 5) is 23.4. The lowest BCUT2D eigenvalue weighted by Crippen LogP contribution is -2.38. The molecule has 0 radical (unpaired) electrons. The number of halogens is 2. The molecule has 2 aromatic carbocycles. The molecule has 0 bridgehead atoms. The van der Waals surface area contributed by atoms with Gasteiger partial charge in [0.25, 0.3) is 5.24 Å². The highest BCUT2D eigenvalue weighted by Gasteiger charge is 2.28. The third kappa shape index (κ3) is 4.55. The number of amides is 2. The van der Waals surface area contributed by atoms with E-state index in [0.717, 1.165) is 17.8 Å². The Kier molecular flexibility index (Phi) is 5.74. The van der Waals surface area contributed by atoms with Crippen LogP contribution in [-0.4, -0.2) is 28.7 Å². The highest BCUT2D eigenvalue weighted by Crippen LogP contribution is 2.24. The fourth-order valence-corrected chi connectivity index (χ4v) is 3.28. The van der Waals surface area contributed by atoms with Gasteiger partial charge in [-0.25, -0.2) is 8.78 Å². The Morgan fingerprint density at radius 1 is 1.29 bits per heavy atom. The van der Waals surface area contributed by atoms with Crippen molar-refractivity contribution in [2.24, 2.45) is 0 Å². The summed E-state index contributed by atoms with van der Waals surface area (Å²) in [5, 5.41) is 12.7. The molecule has 1 heterocycles. The summed E-state index contributed by atoms with van der Waals surface area (Å²) >= 11 is 0.973. The Morgan fingerprint density at radius 3 is 2.64 bits per heavy atom. The molecule has 1 fully saturated rings. The summed E-state index contributed by atoms with van der Waals surface area (Å²) in [5.74, 6) is -1.42. The zero-order chi connectivity index (χ0) is 20.3. The van der Waals surface area contributed by atoms with Gasteiger partial charge in [0.1, 0.15) is 17.7 Å². The summed E-state index contributed by atoms with van der Waals surface area (Å²) in [5.41, 5.74) is 6.60. The molecule has 5 N–H and O–H groups in total. The van der Waals surface area contributed by atoms with E-state index in [1.807, 2.05) is 0 Å². The average molecular weight is 402 g/mol. The maximum atomic E-state index is 14.2. The first-order valence-electron chi connectivity index (χ1n) is 8.19. The van der Waals surface area contributed by atoms with Crippen LogP contribution >= 0.6 is 11.8 Å². The minimum atomic E-state index is -0.754. The van der Waals surface area contributed by atoms with E-state index in [9.17, 15) is 18.4 Å². The number of rotatable bonds is 5. The molecule has 144 valence electrons. The minimum absolute atomic E-state index is 0.0120. The fourth-order valence-electron chi connectivity index (χ4n) is 2.51. The van der Waals surface area contributed by atoms with Gasteiger partial charge in [-0.05, 0) is 35.9 Å². The highest BCUT2D eigenvalue weighted by atomic mass is 32.2. The lowest BCUT2D eigenvalue weighted by Gasteiger charge is -2.13. The van der Waals surface area contributed by atoms with Crippen LogP contribution < -0.4 is 16.4 Å². The Morgan fingerprint density at radius 2 is 2.00 bits per heavy atom. The van der Waals surface area contributed by atoms with Crippen molar-refractivity contribution in [1.29, 1.82) is 5.41 Å². The van der Waals surface area contributed by atoms with E-state index in [4.69, 9.17) is 11.1 Å². The van der Waals surface area contributed by atoms with Crippen molar-refractivity contribution in [2.45, 2.75) is 6.04 Å². The third-order valence-electron chi connectivity index (χ3n) is 3.99. The maximum Gasteiger partial charge on any atom is 0.279 e. The second-order valence-electron chi connectivity index (χ2n) is 6.00. The Hall–Kier alpha value is -3.20. The number of benzene rings is 2. The topological polar surface area (TPSA) is 108 Å². The second kappa shape index (κ2) is 8.22. The van der Waals surface area contributed by atoms with Crippen LogP contribution in [0, 0.1) is 17.0 Å². The van der Waals surface area contributed by atoms with Gasteiger partial charge in [0, 0.05) is 17.0 Å². The molecule has 28 heavy (non-hydrogen) atoms. The zero-order valence-electron chi connectivity index (χ0n) is 14.5. The molecule has 3 rings (SSSR count). The van der Waals surface area contributed by atoms with Crippen LogP contribution in [0.2, 0.25) is 0 Å². The molecule has 6 nitrogen and oxygen atoms in total. The van der Waals surface area contributed by atoms with E-state index in [1.54, 1.807) is 18.2 Å². The van der Waals surface area contributed by atoms with Crippen molar-refractivity contribution < 1.29 is 18.4 Å². The molecule has 1 aliphatic heterocycles. The van der Waals surface area contributed by atoms with Gasteiger partial charge in [-0.2, -0.15) is 0 Å². The van der Waals surface area contributed by atoms with Gasteiger partial charge in [-0.1, -0.05) is 30.0 Å². The smallest absolute Gasteiger partial charge is 0.279 e. The molecule has 9 heteroatoms. The number of anilines is 2. The molecule has 1 saturated heterocycles. The number of carbonyl (C=O) groups excluding carboxylic acids is 2. The van der Waals surface area contributed by atoms with E-state index in [0.29, 0.717) is 5.56 Å². The first-order chi connectivity index (χ1) is 13.3. The van der Waals surface area contributed by atoms with Gasteiger partial charge in [-0.3, -0.25) is 9.59 Å². The molecular weight excluding hydrogens is 386 g/mol. The standard InChI is InChI=1S/C19H16F2N4O2S/c20-11-4-1-10(2-5-11)3-6-14(22)12-7-16(13(21)8-15(12)23)24-18(26)17-9-28-19(27)25-17/h1-8,17,22H,9,23H2,(H,24,26)(H,25,27)/b6-3+,22-14?/t17-/m0/s1. The fraction of sp³-hybridized carbons (Fsp3) is 0.105. The van der Waals surface area contributed by atoms with E-state index in [-0.39, 0.29) is 39.5 Å². The number of thioether (sulfide) groups is 1. The number of nitrogens with one attached hydrogen (secondary N) is 3. The van der Waals surface area contributed by atoms with Gasteiger partial charge in [0.15, 0.2) is 0 Å². The first-order valence-corrected chi connectivity index (χ1v) is 9.18. The predicted molar refractivity (Wildman–Crippen MR) is 106 cm³/mol. The van der Waals surface area contributed by atoms with Crippen molar-refractivity contribution in [3.63, 3.8) is 0 Å². The van der Waals surface area contributed by atoms with E-state index >= 15 is 0 Å². The number of hydrogen-bond acceptors (Lipinski definition) is 5. The first kappa shape index (κ1) is 19.6. The summed E-state index contributed by atoms with van der Waals surface area (Å²) in [6.45, 7) is 0. The Bertz CT molecular complexity index is 977. The Balaban J connectivity index is 1.78. The highest BCUT2D eigenvalue weighted by molar-refractivity contribution is 8.14. The number of nitrogens with two attached hydrogens (primary N) is 1. The van der Waals surface area contributed by atoms with Crippen molar-refractivity contribution in [3.8, 4) is 0 Å². The van der Waals surface area contributed by atoms with Crippen LogP contribution in [-0.2, 0) is 4.79 Å². The maximum absolute atomic E-state index is 14.2. The van der Waals surface area contributed by atoms with Crippen molar-refractivity contribution in [1.82, 2.24) is 5.32 Å². The van der Waals surface area contributed by atoms with Crippen LogP contribution in [0.3, 0.4) is 0 Å². The van der Waals surface area contributed by atoms with Gasteiger partial charge in [0.2, 0.25) is 5.91 Å². The molecule has 2 aromatic rings. The van der Waals surface area contributed by atoms with E-state index < -0.39 is 17.8 Å². The minimum Gasteiger partial charge on any atom is -0.398 e. The Labute approximate surface area is 163 Å². The summed E-state index contributed by atoms with van der Waals surface area (Å²) in [6.07, 6.45) is 3.03. The van der Waals surface area contributed by atoms with Crippen LogP contribution in [0.25, 0.3) is 6.08 Å². The number of hydrogen-bond donors (Lipinski definition) is 4. The van der Waals surface area contributed by atoms with Gasteiger partial charge in [-0.15, -0.1) is 0 Å². The predicted octanol–water partition coefficient (Wildman–Crippen LogP) is 3.39. The molecule has 0 saturated carbocycles. The van der Waals surface area contributed by atoms with Crippen LogP contribution in [0.15, 0.2) is 42.5 Å². The van der Waals surface area contributed by atoms with Crippen LogP contribution in [0.5, 0.6) is 0 Å².